The van der Waals surface area contributed by atoms with Crippen molar-refractivity contribution in [1.82, 2.24) is 29.8 Å². The van der Waals surface area contributed by atoms with Gasteiger partial charge >= 0.3 is 0 Å². The number of fused-ring (bicyclic) bond motifs is 1. The van der Waals surface area contributed by atoms with Crippen LogP contribution in [-0.2, 0) is 19.4 Å². The lowest BCUT2D eigenvalue weighted by molar-refractivity contribution is 0.0677. The lowest BCUT2D eigenvalue weighted by Crippen LogP contribution is -2.40. The number of amides is 1. The molecule has 2 aromatic heterocycles. The van der Waals surface area contributed by atoms with Gasteiger partial charge in [-0.05, 0) is 31.6 Å². The number of hydrogen-bond acceptors (Lipinski definition) is 6. The Morgan fingerprint density at radius 2 is 2.07 bits per heavy atom. The number of piperidine rings is 1. The average Bonchev–Trinajstić information content (AvgIpc) is 3.22. The predicted octanol–water partition coefficient (Wildman–Crippen LogP) is 2.61. The van der Waals surface area contributed by atoms with Gasteiger partial charge in [-0.1, -0.05) is 25.4 Å². The molecule has 146 valence electrons. The molecule has 0 radical (unpaired) electrons. The topological polar surface area (TPSA) is 89.9 Å². The van der Waals surface area contributed by atoms with Crippen LogP contribution in [0.25, 0.3) is 0 Å². The summed E-state index contributed by atoms with van der Waals surface area (Å²) in [5, 5.41) is 12.6. The molecule has 8 nitrogen and oxygen atoms in total. The van der Waals surface area contributed by atoms with E-state index >= 15 is 0 Å². The first kappa shape index (κ1) is 18.1. The van der Waals surface area contributed by atoms with Gasteiger partial charge in [-0.2, -0.15) is 4.98 Å². The first-order valence-corrected chi connectivity index (χ1v) is 10.2. The molecule has 2 aromatic rings. The van der Waals surface area contributed by atoms with E-state index < -0.39 is 0 Å². The second kappa shape index (κ2) is 7.78. The Kier molecular flexibility index (Phi) is 5.22. The summed E-state index contributed by atoms with van der Waals surface area (Å²) in [6.45, 7) is 6.45. The zero-order valence-electron chi connectivity index (χ0n) is 16.2. The first-order chi connectivity index (χ1) is 13.1. The maximum Gasteiger partial charge on any atom is 0.291 e. The van der Waals surface area contributed by atoms with E-state index in [1.165, 1.54) is 6.42 Å². The van der Waals surface area contributed by atoms with E-state index in [1.54, 1.807) is 0 Å². The largest absolute Gasteiger partial charge is 0.339 e. The van der Waals surface area contributed by atoms with Gasteiger partial charge < -0.3 is 14.0 Å². The Bertz CT molecular complexity index is 796. The van der Waals surface area contributed by atoms with Crippen molar-refractivity contribution in [3.8, 4) is 0 Å². The third-order valence-corrected chi connectivity index (χ3v) is 5.43. The molecule has 0 spiro atoms. The summed E-state index contributed by atoms with van der Waals surface area (Å²) in [6.07, 6.45) is 6.99. The van der Waals surface area contributed by atoms with E-state index in [1.807, 2.05) is 9.47 Å². The lowest BCUT2D eigenvalue weighted by atomic mass is 9.98. The van der Waals surface area contributed by atoms with Crippen molar-refractivity contribution >= 4 is 5.91 Å². The molecule has 8 heteroatoms. The molecule has 4 heterocycles. The van der Waals surface area contributed by atoms with Crippen LogP contribution in [0.2, 0.25) is 0 Å². The van der Waals surface area contributed by atoms with Gasteiger partial charge in [0, 0.05) is 32.5 Å². The summed E-state index contributed by atoms with van der Waals surface area (Å²) < 4.78 is 7.52. The summed E-state index contributed by atoms with van der Waals surface area (Å²) in [6, 6.07) is 0. The first-order valence-electron chi connectivity index (χ1n) is 10.2. The quantitative estimate of drug-likeness (QED) is 0.819. The molecule has 2 aliphatic heterocycles. The molecule has 1 amide bonds. The lowest BCUT2D eigenvalue weighted by Gasteiger charge is -2.30. The second-order valence-electron chi connectivity index (χ2n) is 8.14. The highest BCUT2D eigenvalue weighted by Crippen LogP contribution is 2.27. The molecule has 2 aliphatic rings. The fourth-order valence-electron chi connectivity index (χ4n) is 4.03. The maximum absolute atomic E-state index is 13.1. The standard InChI is InChI=1S/C19H28N6O2/c1-13(2)11-15-20-18(27-23-15)14-7-6-9-24(12-14)19(26)17-22-21-16-8-4-3-5-10-25(16)17/h13-14H,3-12H2,1-2H3. The minimum atomic E-state index is -0.0257. The summed E-state index contributed by atoms with van der Waals surface area (Å²) in [5.41, 5.74) is 0. The van der Waals surface area contributed by atoms with Crippen LogP contribution in [-0.4, -0.2) is 48.8 Å². The average molecular weight is 372 g/mol. The fraction of sp³-hybridized carbons (Fsp3) is 0.737. The Morgan fingerprint density at radius 3 is 2.93 bits per heavy atom. The minimum Gasteiger partial charge on any atom is -0.339 e. The van der Waals surface area contributed by atoms with Crippen LogP contribution >= 0.6 is 0 Å². The van der Waals surface area contributed by atoms with Crippen LogP contribution in [0, 0.1) is 5.92 Å². The molecular formula is C19H28N6O2. The zero-order chi connectivity index (χ0) is 18.8. The molecule has 1 atom stereocenters. The summed E-state index contributed by atoms with van der Waals surface area (Å²) in [4.78, 5) is 19.6. The van der Waals surface area contributed by atoms with E-state index in [0.29, 0.717) is 24.2 Å². The SMILES string of the molecule is CC(C)Cc1noc(C2CCCN(C(=O)c3nnc4n3CCCCC4)C2)n1. The molecule has 1 fully saturated rings. The number of aryl methyl sites for hydroxylation is 1. The maximum atomic E-state index is 13.1. The van der Waals surface area contributed by atoms with Gasteiger partial charge in [-0.15, -0.1) is 10.2 Å². The number of carbonyl (C=O) groups excluding carboxylic acids is 1. The fourth-order valence-corrected chi connectivity index (χ4v) is 4.03. The Labute approximate surface area is 159 Å². The van der Waals surface area contributed by atoms with Gasteiger partial charge in [-0.3, -0.25) is 4.79 Å². The van der Waals surface area contributed by atoms with E-state index in [9.17, 15) is 4.79 Å². The van der Waals surface area contributed by atoms with Crippen LogP contribution in [0.1, 0.15) is 80.0 Å². The molecular weight excluding hydrogens is 344 g/mol. The van der Waals surface area contributed by atoms with Crippen LogP contribution < -0.4 is 0 Å². The number of nitrogens with zero attached hydrogens (tertiary/aromatic N) is 6. The van der Waals surface area contributed by atoms with Crippen LogP contribution in [0.5, 0.6) is 0 Å². The Hall–Kier alpha value is -2.25. The van der Waals surface area contributed by atoms with Gasteiger partial charge in [0.2, 0.25) is 11.7 Å². The van der Waals surface area contributed by atoms with Crippen molar-refractivity contribution in [3.63, 3.8) is 0 Å². The van der Waals surface area contributed by atoms with Crippen molar-refractivity contribution < 1.29 is 9.32 Å². The van der Waals surface area contributed by atoms with Crippen molar-refractivity contribution in [3.05, 3.63) is 23.4 Å². The third kappa shape index (κ3) is 3.89. The van der Waals surface area contributed by atoms with Gasteiger partial charge in [0.05, 0.1) is 5.92 Å². The van der Waals surface area contributed by atoms with Crippen molar-refractivity contribution in [1.29, 1.82) is 0 Å². The van der Waals surface area contributed by atoms with Gasteiger partial charge in [-0.25, -0.2) is 0 Å². The van der Waals surface area contributed by atoms with Crippen LogP contribution in [0.4, 0.5) is 0 Å². The van der Waals surface area contributed by atoms with Gasteiger partial charge in [0.25, 0.3) is 5.91 Å². The van der Waals surface area contributed by atoms with E-state index in [0.717, 1.165) is 63.3 Å². The summed E-state index contributed by atoms with van der Waals surface area (Å²) >= 11 is 0. The highest BCUT2D eigenvalue weighted by atomic mass is 16.5. The number of hydrogen-bond donors (Lipinski definition) is 0. The number of carbonyl (C=O) groups is 1. The molecule has 0 aromatic carbocycles. The normalized spacial score (nSPS) is 20.6. The van der Waals surface area contributed by atoms with Crippen molar-refractivity contribution in [2.45, 2.75) is 71.3 Å². The molecule has 1 saturated heterocycles. The van der Waals surface area contributed by atoms with Gasteiger partial charge in [0.15, 0.2) is 5.82 Å². The van der Waals surface area contributed by atoms with Crippen LogP contribution in [0.3, 0.4) is 0 Å². The van der Waals surface area contributed by atoms with E-state index in [2.05, 4.69) is 34.2 Å². The minimum absolute atomic E-state index is 0.0257. The van der Waals surface area contributed by atoms with Gasteiger partial charge in [0.1, 0.15) is 5.82 Å². The third-order valence-electron chi connectivity index (χ3n) is 5.43. The zero-order valence-corrected chi connectivity index (χ0v) is 16.2. The Morgan fingerprint density at radius 1 is 1.19 bits per heavy atom. The van der Waals surface area contributed by atoms with E-state index in [-0.39, 0.29) is 11.8 Å². The van der Waals surface area contributed by atoms with Crippen molar-refractivity contribution in [2.75, 3.05) is 13.1 Å². The predicted molar refractivity (Wildman–Crippen MR) is 98.3 cm³/mol. The Balaban J connectivity index is 1.47. The summed E-state index contributed by atoms with van der Waals surface area (Å²) in [5.74, 6) is 3.40. The van der Waals surface area contributed by atoms with E-state index in [4.69, 9.17) is 4.52 Å². The number of rotatable bonds is 4. The monoisotopic (exact) mass is 372 g/mol. The van der Waals surface area contributed by atoms with Crippen LogP contribution in [0.15, 0.2) is 4.52 Å². The number of likely N-dealkylation sites (tertiary alicyclic amines) is 1. The highest BCUT2D eigenvalue weighted by molar-refractivity contribution is 5.90. The van der Waals surface area contributed by atoms with Crippen molar-refractivity contribution in [2.24, 2.45) is 5.92 Å². The highest BCUT2D eigenvalue weighted by Gasteiger charge is 2.32. The smallest absolute Gasteiger partial charge is 0.291 e. The second-order valence-corrected chi connectivity index (χ2v) is 8.14. The summed E-state index contributed by atoms with van der Waals surface area (Å²) in [7, 11) is 0. The molecule has 1 unspecified atom stereocenters. The molecule has 4 rings (SSSR count). The molecule has 0 N–H and O–H groups in total. The molecule has 27 heavy (non-hydrogen) atoms. The number of aromatic nitrogens is 5. The molecule has 0 aliphatic carbocycles. The molecule has 0 bridgehead atoms. The molecule has 0 saturated carbocycles.